The maximum Gasteiger partial charge on any atom is 0.228 e. The predicted molar refractivity (Wildman–Crippen MR) is 70.3 cm³/mol. The first-order valence-electron chi connectivity index (χ1n) is 4.59. The monoisotopic (exact) mass is 342 g/mol. The number of hydrogen-bond donors (Lipinski definition) is 1. The summed E-state index contributed by atoms with van der Waals surface area (Å²) in [6.45, 7) is 0. The summed E-state index contributed by atoms with van der Waals surface area (Å²) in [5, 5.41) is 9.95. The van der Waals surface area contributed by atoms with E-state index in [1.807, 2.05) is 0 Å². The molecule has 0 aliphatic heterocycles. The zero-order chi connectivity index (χ0) is 13.3. The molecule has 17 heavy (non-hydrogen) atoms. The molecule has 0 unspecified atom stereocenters. The molecule has 1 aromatic rings. The number of halogens is 2. The summed E-state index contributed by atoms with van der Waals surface area (Å²) < 4.78 is 25.9. The average Bonchev–Trinajstić information content (AvgIpc) is 2.26. The van der Waals surface area contributed by atoms with Crippen molar-refractivity contribution in [3.05, 3.63) is 29.8 Å². The second-order valence-electron chi connectivity index (χ2n) is 3.51. The van der Waals surface area contributed by atoms with Crippen LogP contribution in [0.5, 0.6) is 5.75 Å². The fourth-order valence-corrected chi connectivity index (χ4v) is 2.11. The third-order valence-corrected chi connectivity index (χ3v) is 6.70. The first-order valence-corrected chi connectivity index (χ1v) is 7.66. The Hall–Kier alpha value is -0.300. The Morgan fingerprint density at radius 3 is 2.24 bits per heavy atom. The smallest absolute Gasteiger partial charge is 0.228 e. The number of benzene rings is 1. The quantitative estimate of drug-likeness (QED) is 0.850. The molecule has 1 N–H and O–H groups in total. The highest BCUT2D eigenvalue weighted by molar-refractivity contribution is 9.12. The molecule has 2 atom stereocenters. The molecule has 0 aromatic heterocycles. The van der Waals surface area contributed by atoms with Crippen LogP contribution >= 0.6 is 27.5 Å². The number of ether oxygens (including phenoxy) is 1. The lowest BCUT2D eigenvalue weighted by Gasteiger charge is -2.24. The molecule has 1 aromatic carbocycles. The molecule has 0 heterocycles. The van der Waals surface area contributed by atoms with Crippen LogP contribution in [0.15, 0.2) is 24.3 Å². The lowest BCUT2D eigenvalue weighted by molar-refractivity contribution is 0.185. The molecular formula is C10H12BrClO4S. The normalized spacial score (nSPS) is 17.2. The maximum absolute atomic E-state index is 11.4. The lowest BCUT2D eigenvalue weighted by atomic mass is 10.1. The van der Waals surface area contributed by atoms with Gasteiger partial charge in [-0.15, -0.1) is 0 Å². The van der Waals surface area contributed by atoms with Gasteiger partial charge < -0.3 is 9.84 Å². The fraction of sp³-hybridized carbons (Fsp3) is 0.400. The van der Waals surface area contributed by atoms with Crippen molar-refractivity contribution in [2.24, 2.45) is 0 Å². The van der Waals surface area contributed by atoms with Crippen LogP contribution in [0.2, 0.25) is 0 Å². The van der Waals surface area contributed by atoms with Gasteiger partial charge in [0.25, 0.3) is 0 Å². The Morgan fingerprint density at radius 1 is 1.41 bits per heavy atom. The highest BCUT2D eigenvalue weighted by Gasteiger charge is 2.44. The lowest BCUT2D eigenvalue weighted by Crippen LogP contribution is -2.32. The molecule has 0 aliphatic rings. The molecule has 4 nitrogen and oxygen atoms in total. The van der Waals surface area contributed by atoms with Crippen molar-refractivity contribution in [3.63, 3.8) is 0 Å². The highest BCUT2D eigenvalue weighted by Crippen LogP contribution is 2.42. The summed E-state index contributed by atoms with van der Waals surface area (Å²) in [6, 6.07) is 6.32. The molecule has 0 radical (unpaired) electrons. The van der Waals surface area contributed by atoms with E-state index in [4.69, 9.17) is 16.3 Å². The average molecular weight is 344 g/mol. The summed E-state index contributed by atoms with van der Waals surface area (Å²) in [7, 11) is -2.15. The SMILES string of the molecule is COc1ccc([C@H](O)[C@@](Cl)(Br)S(C)(=O)=O)cc1. The molecule has 0 aliphatic carbocycles. The third-order valence-electron chi connectivity index (χ3n) is 2.24. The molecule has 0 fully saturated rings. The van der Waals surface area contributed by atoms with E-state index in [9.17, 15) is 13.5 Å². The van der Waals surface area contributed by atoms with Gasteiger partial charge in [-0.1, -0.05) is 23.7 Å². The van der Waals surface area contributed by atoms with Gasteiger partial charge in [0, 0.05) is 6.26 Å². The Bertz CT molecular complexity index is 484. The van der Waals surface area contributed by atoms with Crippen LogP contribution in [0, 0.1) is 0 Å². The van der Waals surface area contributed by atoms with E-state index in [-0.39, 0.29) is 0 Å². The molecule has 96 valence electrons. The van der Waals surface area contributed by atoms with Crippen LogP contribution in [0.4, 0.5) is 0 Å². The minimum absolute atomic E-state index is 0.378. The molecule has 0 bridgehead atoms. The maximum atomic E-state index is 11.4. The van der Waals surface area contributed by atoms with E-state index in [2.05, 4.69) is 15.9 Å². The van der Waals surface area contributed by atoms with Crippen molar-refractivity contribution < 1.29 is 18.3 Å². The van der Waals surface area contributed by atoms with Gasteiger partial charge >= 0.3 is 0 Å². The van der Waals surface area contributed by atoms with Crippen LogP contribution in [0.1, 0.15) is 11.7 Å². The Labute approximate surface area is 114 Å². The van der Waals surface area contributed by atoms with Crippen molar-refractivity contribution >= 4 is 37.4 Å². The minimum atomic E-state index is -3.66. The number of rotatable bonds is 4. The van der Waals surface area contributed by atoms with Gasteiger partial charge in [0.1, 0.15) is 11.9 Å². The zero-order valence-corrected chi connectivity index (χ0v) is 12.4. The van der Waals surface area contributed by atoms with Gasteiger partial charge in [0.15, 0.2) is 9.84 Å². The molecule has 0 saturated carbocycles. The third kappa shape index (κ3) is 3.13. The molecular weight excluding hydrogens is 332 g/mol. The van der Waals surface area contributed by atoms with Crippen molar-refractivity contribution in [1.82, 2.24) is 0 Å². The number of sulfone groups is 1. The second-order valence-corrected chi connectivity index (χ2v) is 8.75. The summed E-state index contributed by atoms with van der Waals surface area (Å²) >= 11 is 8.65. The Morgan fingerprint density at radius 2 is 1.88 bits per heavy atom. The van der Waals surface area contributed by atoms with Gasteiger partial charge in [-0.05, 0) is 33.6 Å². The van der Waals surface area contributed by atoms with Gasteiger partial charge in [0.2, 0.25) is 3.12 Å². The van der Waals surface area contributed by atoms with Gasteiger partial charge in [-0.25, -0.2) is 8.42 Å². The Kier molecular flexibility index (Phi) is 4.46. The highest BCUT2D eigenvalue weighted by atomic mass is 79.9. The van der Waals surface area contributed by atoms with E-state index in [0.717, 1.165) is 6.26 Å². The van der Waals surface area contributed by atoms with E-state index in [1.165, 1.54) is 7.11 Å². The number of aliphatic hydroxyl groups excluding tert-OH is 1. The number of aliphatic hydroxyl groups is 1. The topological polar surface area (TPSA) is 63.6 Å². The van der Waals surface area contributed by atoms with E-state index in [1.54, 1.807) is 24.3 Å². The predicted octanol–water partition coefficient (Wildman–Crippen LogP) is 2.06. The summed E-state index contributed by atoms with van der Waals surface area (Å²) in [6.07, 6.45) is -0.438. The first-order chi connectivity index (χ1) is 7.70. The van der Waals surface area contributed by atoms with Crippen molar-refractivity contribution in [1.29, 1.82) is 0 Å². The van der Waals surface area contributed by atoms with Gasteiger partial charge in [-0.3, -0.25) is 0 Å². The van der Waals surface area contributed by atoms with Gasteiger partial charge in [0.05, 0.1) is 7.11 Å². The number of alkyl halides is 2. The van der Waals surface area contributed by atoms with Crippen LogP contribution in [-0.4, -0.2) is 30.0 Å². The van der Waals surface area contributed by atoms with Crippen molar-refractivity contribution in [2.45, 2.75) is 9.22 Å². The van der Waals surface area contributed by atoms with E-state index < -0.39 is 19.1 Å². The van der Waals surface area contributed by atoms with Crippen molar-refractivity contribution in [3.8, 4) is 5.75 Å². The van der Waals surface area contributed by atoms with E-state index >= 15 is 0 Å². The van der Waals surface area contributed by atoms with Crippen LogP contribution in [-0.2, 0) is 9.84 Å². The molecule has 0 spiro atoms. The molecule has 0 amide bonds. The minimum Gasteiger partial charge on any atom is -0.497 e. The van der Waals surface area contributed by atoms with Crippen LogP contribution in [0.3, 0.4) is 0 Å². The zero-order valence-electron chi connectivity index (χ0n) is 9.22. The number of methoxy groups -OCH3 is 1. The Balaban J connectivity index is 3.08. The second kappa shape index (κ2) is 5.14. The largest absolute Gasteiger partial charge is 0.497 e. The molecule has 1 rings (SSSR count). The molecule has 0 saturated heterocycles. The first kappa shape index (κ1) is 14.8. The summed E-state index contributed by atoms with van der Waals surface area (Å²) in [4.78, 5) is 0. The van der Waals surface area contributed by atoms with E-state index in [0.29, 0.717) is 11.3 Å². The van der Waals surface area contributed by atoms with Crippen LogP contribution in [0.25, 0.3) is 0 Å². The fourth-order valence-electron chi connectivity index (χ4n) is 1.18. The van der Waals surface area contributed by atoms with Crippen molar-refractivity contribution in [2.75, 3.05) is 13.4 Å². The summed E-state index contributed by atoms with van der Waals surface area (Å²) in [5.41, 5.74) is 0.378. The summed E-state index contributed by atoms with van der Waals surface area (Å²) in [5.74, 6) is 0.607. The van der Waals surface area contributed by atoms with Gasteiger partial charge in [-0.2, -0.15) is 0 Å². The molecule has 7 heteroatoms. The standard InChI is InChI=1S/C10H12BrClO4S/c1-16-8-5-3-7(4-6-8)9(13)10(11,12)17(2,14)15/h3-6,9,13H,1-2H3/t9-,10-/m0/s1. The number of hydrogen-bond acceptors (Lipinski definition) is 4. The van der Waals surface area contributed by atoms with Crippen LogP contribution < -0.4 is 4.74 Å².